The van der Waals surface area contributed by atoms with E-state index < -0.39 is 0 Å². The maximum Gasteiger partial charge on any atom is 0.00694 e. The number of hydrogen-bond donors (Lipinski definition) is 1. The molecular weight excluding hydrogens is 230 g/mol. The molecule has 1 nitrogen and oxygen atoms in total. The van der Waals surface area contributed by atoms with Gasteiger partial charge in [0.2, 0.25) is 0 Å². The summed E-state index contributed by atoms with van der Waals surface area (Å²) in [5.41, 5.74) is 1.46. The van der Waals surface area contributed by atoms with Gasteiger partial charge in [0.15, 0.2) is 0 Å². The van der Waals surface area contributed by atoms with Crippen molar-refractivity contribution in [2.45, 2.75) is 70.9 Å². The number of aryl methyl sites for hydroxylation is 1. The normalized spacial score (nSPS) is 20.1. The van der Waals surface area contributed by atoms with E-state index in [1.807, 2.05) is 0 Å². The fourth-order valence-corrected chi connectivity index (χ4v) is 3.33. The lowest BCUT2D eigenvalue weighted by Gasteiger charge is -2.30. The molecule has 1 aromatic rings. The van der Waals surface area contributed by atoms with Gasteiger partial charge in [0.1, 0.15) is 0 Å². The average molecular weight is 259 g/mol. The molecular formula is C18H29N. The minimum absolute atomic E-state index is 0.622. The Morgan fingerprint density at radius 1 is 1.05 bits per heavy atom. The first-order valence-electron chi connectivity index (χ1n) is 8.05. The van der Waals surface area contributed by atoms with Crippen LogP contribution in [0.15, 0.2) is 30.3 Å². The first-order valence-corrected chi connectivity index (χ1v) is 8.05. The van der Waals surface area contributed by atoms with Gasteiger partial charge in [0, 0.05) is 12.1 Å². The molecule has 2 rings (SSSR count). The molecule has 0 amide bonds. The molecule has 0 spiro atoms. The van der Waals surface area contributed by atoms with Crippen molar-refractivity contribution in [1.82, 2.24) is 5.32 Å². The minimum atomic E-state index is 0.622. The summed E-state index contributed by atoms with van der Waals surface area (Å²) >= 11 is 0. The van der Waals surface area contributed by atoms with Crippen molar-refractivity contribution in [1.29, 1.82) is 0 Å². The second-order valence-electron chi connectivity index (χ2n) is 6.28. The van der Waals surface area contributed by atoms with Crippen LogP contribution < -0.4 is 5.32 Å². The molecule has 1 saturated carbocycles. The Bertz CT molecular complexity index is 340. The molecule has 19 heavy (non-hydrogen) atoms. The number of hydrogen-bond acceptors (Lipinski definition) is 1. The van der Waals surface area contributed by atoms with Crippen LogP contribution in [0, 0.1) is 5.92 Å². The Labute approximate surface area is 118 Å². The highest BCUT2D eigenvalue weighted by Crippen LogP contribution is 2.26. The third-order valence-corrected chi connectivity index (χ3v) is 4.61. The summed E-state index contributed by atoms with van der Waals surface area (Å²) in [6.45, 7) is 4.72. The van der Waals surface area contributed by atoms with Crippen LogP contribution in [-0.4, -0.2) is 12.1 Å². The zero-order chi connectivity index (χ0) is 13.5. The minimum Gasteiger partial charge on any atom is -0.311 e. The summed E-state index contributed by atoms with van der Waals surface area (Å²) in [6.07, 6.45) is 9.61. The van der Waals surface area contributed by atoms with Gasteiger partial charge in [-0.25, -0.2) is 0 Å². The number of rotatable bonds is 6. The molecule has 0 heterocycles. The van der Waals surface area contributed by atoms with Crippen LogP contribution in [0.5, 0.6) is 0 Å². The quantitative estimate of drug-likeness (QED) is 0.789. The molecule has 2 atom stereocenters. The SMILES string of the molecule is CC(CCc1ccccc1)N[C@H](C)C1CCCCC1. The Kier molecular flexibility index (Phi) is 5.91. The number of nitrogens with one attached hydrogen (secondary N) is 1. The fraction of sp³-hybridized carbons (Fsp3) is 0.667. The summed E-state index contributed by atoms with van der Waals surface area (Å²) in [5.74, 6) is 0.910. The maximum absolute atomic E-state index is 3.82. The zero-order valence-electron chi connectivity index (χ0n) is 12.6. The van der Waals surface area contributed by atoms with E-state index in [4.69, 9.17) is 0 Å². The highest BCUT2D eigenvalue weighted by atomic mass is 14.9. The van der Waals surface area contributed by atoms with E-state index in [1.54, 1.807) is 0 Å². The predicted molar refractivity (Wildman–Crippen MR) is 83.4 cm³/mol. The molecule has 0 saturated heterocycles. The van der Waals surface area contributed by atoms with E-state index in [0.717, 1.165) is 5.92 Å². The lowest BCUT2D eigenvalue weighted by molar-refractivity contribution is 0.264. The summed E-state index contributed by atoms with van der Waals surface area (Å²) < 4.78 is 0. The molecule has 0 radical (unpaired) electrons. The van der Waals surface area contributed by atoms with Crippen LogP contribution in [0.1, 0.15) is 57.9 Å². The summed E-state index contributed by atoms with van der Waals surface area (Å²) in [7, 11) is 0. The van der Waals surface area contributed by atoms with Gasteiger partial charge in [-0.05, 0) is 51.0 Å². The van der Waals surface area contributed by atoms with Gasteiger partial charge < -0.3 is 5.32 Å². The molecule has 1 aromatic carbocycles. The van der Waals surface area contributed by atoms with Crippen molar-refractivity contribution in [2.75, 3.05) is 0 Å². The van der Waals surface area contributed by atoms with E-state index in [2.05, 4.69) is 49.5 Å². The number of benzene rings is 1. The van der Waals surface area contributed by atoms with E-state index in [9.17, 15) is 0 Å². The Hall–Kier alpha value is -0.820. The Morgan fingerprint density at radius 3 is 2.42 bits per heavy atom. The van der Waals surface area contributed by atoms with Gasteiger partial charge in [0.25, 0.3) is 0 Å². The zero-order valence-corrected chi connectivity index (χ0v) is 12.6. The lowest BCUT2D eigenvalue weighted by Crippen LogP contribution is -2.40. The molecule has 1 aliphatic rings. The Balaban J connectivity index is 1.70. The molecule has 106 valence electrons. The molecule has 0 aliphatic heterocycles. The second kappa shape index (κ2) is 7.69. The average Bonchev–Trinajstić information content (AvgIpc) is 2.47. The second-order valence-corrected chi connectivity index (χ2v) is 6.28. The summed E-state index contributed by atoms with van der Waals surface area (Å²) in [6, 6.07) is 12.1. The van der Waals surface area contributed by atoms with Crippen molar-refractivity contribution < 1.29 is 0 Å². The monoisotopic (exact) mass is 259 g/mol. The van der Waals surface area contributed by atoms with Crippen LogP contribution in [0.25, 0.3) is 0 Å². The van der Waals surface area contributed by atoms with E-state index in [1.165, 1.54) is 50.5 Å². The van der Waals surface area contributed by atoms with Crippen LogP contribution in [0.2, 0.25) is 0 Å². The first kappa shape index (κ1) is 14.6. The largest absolute Gasteiger partial charge is 0.311 e. The third kappa shape index (κ3) is 4.99. The van der Waals surface area contributed by atoms with Gasteiger partial charge in [-0.2, -0.15) is 0 Å². The molecule has 1 unspecified atom stereocenters. The van der Waals surface area contributed by atoms with Crippen molar-refractivity contribution in [2.24, 2.45) is 5.92 Å². The van der Waals surface area contributed by atoms with Crippen molar-refractivity contribution >= 4 is 0 Å². The van der Waals surface area contributed by atoms with E-state index in [0.29, 0.717) is 12.1 Å². The molecule has 0 bridgehead atoms. The predicted octanol–water partition coefficient (Wildman–Crippen LogP) is 4.57. The van der Waals surface area contributed by atoms with E-state index in [-0.39, 0.29) is 0 Å². The summed E-state index contributed by atoms with van der Waals surface area (Å²) in [4.78, 5) is 0. The molecule has 1 heteroatoms. The molecule has 1 aliphatic carbocycles. The summed E-state index contributed by atoms with van der Waals surface area (Å²) in [5, 5.41) is 3.82. The highest BCUT2D eigenvalue weighted by molar-refractivity contribution is 5.14. The van der Waals surface area contributed by atoms with Gasteiger partial charge in [-0.15, -0.1) is 0 Å². The van der Waals surface area contributed by atoms with E-state index >= 15 is 0 Å². The lowest BCUT2D eigenvalue weighted by atomic mass is 9.84. The van der Waals surface area contributed by atoms with Gasteiger partial charge in [-0.3, -0.25) is 0 Å². The topological polar surface area (TPSA) is 12.0 Å². The van der Waals surface area contributed by atoms with Crippen LogP contribution >= 0.6 is 0 Å². The van der Waals surface area contributed by atoms with Gasteiger partial charge in [-0.1, -0.05) is 49.6 Å². The highest BCUT2D eigenvalue weighted by Gasteiger charge is 2.20. The maximum atomic E-state index is 3.82. The first-order chi connectivity index (χ1) is 9.25. The van der Waals surface area contributed by atoms with Gasteiger partial charge >= 0.3 is 0 Å². The Morgan fingerprint density at radius 2 is 1.74 bits per heavy atom. The van der Waals surface area contributed by atoms with Crippen molar-refractivity contribution in [3.63, 3.8) is 0 Å². The smallest absolute Gasteiger partial charge is 0.00694 e. The van der Waals surface area contributed by atoms with Crippen molar-refractivity contribution in [3.05, 3.63) is 35.9 Å². The fourth-order valence-electron chi connectivity index (χ4n) is 3.33. The molecule has 0 aromatic heterocycles. The molecule has 1 N–H and O–H groups in total. The standard InChI is InChI=1S/C18H29N/c1-15(13-14-17-9-5-3-6-10-17)19-16(2)18-11-7-4-8-12-18/h3,5-6,9-10,15-16,18-19H,4,7-8,11-14H2,1-2H3/t15?,16-/m1/s1. The van der Waals surface area contributed by atoms with Gasteiger partial charge in [0.05, 0.1) is 0 Å². The third-order valence-electron chi connectivity index (χ3n) is 4.61. The van der Waals surface area contributed by atoms with Crippen LogP contribution in [0.3, 0.4) is 0 Å². The molecule has 1 fully saturated rings. The van der Waals surface area contributed by atoms with Crippen molar-refractivity contribution in [3.8, 4) is 0 Å². The van der Waals surface area contributed by atoms with Crippen LogP contribution in [-0.2, 0) is 6.42 Å². The van der Waals surface area contributed by atoms with Crippen LogP contribution in [0.4, 0.5) is 0 Å².